The van der Waals surface area contributed by atoms with Gasteiger partial charge in [-0.15, -0.1) is 11.3 Å². The molecule has 2 rings (SSSR count). The minimum atomic E-state index is -0.697. The number of rotatable bonds is 4. The minimum Gasteiger partial charge on any atom is -0.504 e. The molecule has 0 saturated carbocycles. The van der Waals surface area contributed by atoms with Gasteiger partial charge in [-0.2, -0.15) is 5.26 Å². The molecular formula is C13H12N2O3S. The first-order valence-electron chi connectivity index (χ1n) is 5.86. The summed E-state index contributed by atoms with van der Waals surface area (Å²) in [5, 5.41) is 21.3. The summed E-state index contributed by atoms with van der Waals surface area (Å²) in [6.45, 7) is 2.26. The number of aromatic nitrogens is 1. The molecule has 19 heavy (non-hydrogen) atoms. The number of nitriles is 1. The minimum absolute atomic E-state index is 0.122. The molecule has 2 heterocycles. The van der Waals surface area contributed by atoms with E-state index in [1.54, 1.807) is 11.4 Å². The Balaban J connectivity index is 2.40. The molecule has 0 spiro atoms. The molecule has 0 aromatic carbocycles. The lowest BCUT2D eigenvalue weighted by Crippen LogP contribution is -2.09. The summed E-state index contributed by atoms with van der Waals surface area (Å²) in [4.78, 5) is 15.7. The Morgan fingerprint density at radius 3 is 3.11 bits per heavy atom. The summed E-state index contributed by atoms with van der Waals surface area (Å²) in [5.74, 6) is -0.914. The predicted octanol–water partition coefficient (Wildman–Crippen LogP) is 2.83. The highest BCUT2D eigenvalue weighted by Gasteiger charge is 2.20. The van der Waals surface area contributed by atoms with Crippen molar-refractivity contribution in [2.75, 3.05) is 6.61 Å². The lowest BCUT2D eigenvalue weighted by molar-refractivity contribution is 0.0489. The number of unbranched alkanes of at least 4 members (excludes halogenated alkanes) is 1. The van der Waals surface area contributed by atoms with Crippen LogP contribution in [0.3, 0.4) is 0 Å². The van der Waals surface area contributed by atoms with Crippen LogP contribution in [0, 0.1) is 11.3 Å². The third-order valence-electron chi connectivity index (χ3n) is 2.61. The fraction of sp³-hybridized carbons (Fsp3) is 0.308. The molecule has 98 valence electrons. The fourth-order valence-corrected chi connectivity index (χ4v) is 2.46. The van der Waals surface area contributed by atoms with E-state index in [0.717, 1.165) is 12.8 Å². The van der Waals surface area contributed by atoms with Crippen molar-refractivity contribution in [3.05, 3.63) is 22.8 Å². The van der Waals surface area contributed by atoms with Crippen molar-refractivity contribution < 1.29 is 14.6 Å². The zero-order valence-electron chi connectivity index (χ0n) is 10.3. The van der Waals surface area contributed by atoms with Crippen LogP contribution in [0.4, 0.5) is 0 Å². The first-order chi connectivity index (χ1) is 9.19. The third kappa shape index (κ3) is 2.51. The Hall–Kier alpha value is -2.13. The molecule has 0 bridgehead atoms. The van der Waals surface area contributed by atoms with E-state index in [1.165, 1.54) is 11.3 Å². The van der Waals surface area contributed by atoms with E-state index >= 15 is 0 Å². The highest BCUT2D eigenvalue weighted by atomic mass is 32.1. The summed E-state index contributed by atoms with van der Waals surface area (Å²) in [6.07, 6.45) is 1.65. The highest BCUT2D eigenvalue weighted by Crippen LogP contribution is 2.33. The molecule has 0 fully saturated rings. The Morgan fingerprint density at radius 2 is 2.42 bits per heavy atom. The van der Waals surface area contributed by atoms with Gasteiger partial charge in [0.15, 0.2) is 11.4 Å². The van der Waals surface area contributed by atoms with Crippen molar-refractivity contribution >= 4 is 27.4 Å². The molecule has 0 aliphatic carbocycles. The summed E-state index contributed by atoms with van der Waals surface area (Å²) in [6, 6.07) is 3.61. The molecule has 0 saturated heterocycles. The number of pyridine rings is 1. The molecule has 0 aliphatic heterocycles. The van der Waals surface area contributed by atoms with Gasteiger partial charge in [-0.1, -0.05) is 13.3 Å². The average molecular weight is 276 g/mol. The van der Waals surface area contributed by atoms with Crippen molar-refractivity contribution in [2.45, 2.75) is 19.8 Å². The lowest BCUT2D eigenvalue weighted by atomic mass is 10.2. The van der Waals surface area contributed by atoms with E-state index in [4.69, 9.17) is 10.00 Å². The molecule has 1 N–H and O–H groups in total. The number of carbonyl (C=O) groups excluding carboxylic acids is 1. The van der Waals surface area contributed by atoms with E-state index in [9.17, 15) is 9.90 Å². The molecule has 0 atom stereocenters. The zero-order valence-corrected chi connectivity index (χ0v) is 11.2. The van der Waals surface area contributed by atoms with Crippen LogP contribution in [0.5, 0.6) is 5.75 Å². The molecule has 0 aliphatic rings. The van der Waals surface area contributed by atoms with Gasteiger partial charge in [-0.05, 0) is 17.9 Å². The van der Waals surface area contributed by atoms with Crippen LogP contribution in [0.25, 0.3) is 10.1 Å². The number of fused-ring (bicyclic) bond motifs is 1. The van der Waals surface area contributed by atoms with E-state index < -0.39 is 5.97 Å². The second-order valence-corrected chi connectivity index (χ2v) is 4.84. The molecule has 0 unspecified atom stereocenters. The molecular weight excluding hydrogens is 264 g/mol. The topological polar surface area (TPSA) is 83.2 Å². The largest absolute Gasteiger partial charge is 0.504 e. The number of nitrogens with zero attached hydrogens (tertiary/aromatic N) is 2. The number of carbonyl (C=O) groups is 1. The first-order valence-corrected chi connectivity index (χ1v) is 6.74. The van der Waals surface area contributed by atoms with E-state index in [2.05, 4.69) is 4.98 Å². The zero-order chi connectivity index (χ0) is 13.8. The maximum Gasteiger partial charge on any atom is 0.360 e. The summed E-state index contributed by atoms with van der Waals surface area (Å²) >= 11 is 1.25. The van der Waals surface area contributed by atoms with Crippen LogP contribution >= 0.6 is 11.3 Å². The second-order valence-electron chi connectivity index (χ2n) is 3.92. The maximum absolute atomic E-state index is 11.8. The van der Waals surface area contributed by atoms with Crippen LogP contribution < -0.4 is 0 Å². The van der Waals surface area contributed by atoms with Gasteiger partial charge in [0.2, 0.25) is 0 Å². The van der Waals surface area contributed by atoms with Crippen LogP contribution in [0.1, 0.15) is 35.9 Å². The van der Waals surface area contributed by atoms with Crippen LogP contribution in [0.2, 0.25) is 0 Å². The quantitative estimate of drug-likeness (QED) is 0.685. The Bertz CT molecular complexity index is 658. The number of hydrogen-bond acceptors (Lipinski definition) is 6. The lowest BCUT2D eigenvalue weighted by Gasteiger charge is -2.06. The highest BCUT2D eigenvalue weighted by molar-refractivity contribution is 7.17. The van der Waals surface area contributed by atoms with Gasteiger partial charge in [-0.3, -0.25) is 0 Å². The standard InChI is InChI=1S/C13H12N2O3S/c1-2-3-5-18-13(17)10-11(16)12-8(4-6-19-12)9(7-14)15-10/h4,6,16H,2-3,5H2,1H3. The second kappa shape index (κ2) is 5.67. The van der Waals surface area contributed by atoms with Crippen molar-refractivity contribution in [1.29, 1.82) is 5.26 Å². The summed E-state index contributed by atoms with van der Waals surface area (Å²) in [5.41, 5.74) is -0.0703. The fourth-order valence-electron chi connectivity index (χ4n) is 1.62. The van der Waals surface area contributed by atoms with E-state index in [0.29, 0.717) is 10.1 Å². The van der Waals surface area contributed by atoms with E-state index in [-0.39, 0.29) is 23.7 Å². The SMILES string of the molecule is CCCCOC(=O)c1nc(C#N)c2ccsc2c1O. The van der Waals surface area contributed by atoms with Crippen LogP contribution in [-0.4, -0.2) is 22.7 Å². The Morgan fingerprint density at radius 1 is 1.63 bits per heavy atom. The van der Waals surface area contributed by atoms with E-state index in [1.807, 2.05) is 13.0 Å². The number of ether oxygens (including phenoxy) is 1. The van der Waals surface area contributed by atoms with Gasteiger partial charge < -0.3 is 9.84 Å². The first kappa shape index (κ1) is 13.3. The van der Waals surface area contributed by atoms with Gasteiger partial charge in [0.25, 0.3) is 0 Å². The van der Waals surface area contributed by atoms with Gasteiger partial charge in [0.05, 0.1) is 11.3 Å². The maximum atomic E-state index is 11.8. The smallest absolute Gasteiger partial charge is 0.360 e. The van der Waals surface area contributed by atoms with Crippen LogP contribution in [-0.2, 0) is 4.74 Å². The summed E-state index contributed by atoms with van der Waals surface area (Å²) in [7, 11) is 0. The normalized spacial score (nSPS) is 10.3. The van der Waals surface area contributed by atoms with Crippen molar-refractivity contribution in [3.63, 3.8) is 0 Å². The van der Waals surface area contributed by atoms with Gasteiger partial charge in [0.1, 0.15) is 11.8 Å². The number of thiophene rings is 1. The van der Waals surface area contributed by atoms with Gasteiger partial charge in [-0.25, -0.2) is 9.78 Å². The molecule has 0 radical (unpaired) electrons. The van der Waals surface area contributed by atoms with Gasteiger partial charge in [0, 0.05) is 5.39 Å². The Labute approximate surface area is 114 Å². The molecule has 6 heteroatoms. The van der Waals surface area contributed by atoms with Crippen molar-refractivity contribution in [3.8, 4) is 11.8 Å². The van der Waals surface area contributed by atoms with Crippen molar-refractivity contribution in [2.24, 2.45) is 0 Å². The average Bonchev–Trinajstić information content (AvgIpc) is 2.89. The number of hydrogen-bond donors (Lipinski definition) is 1. The summed E-state index contributed by atoms with van der Waals surface area (Å²) < 4.78 is 5.49. The predicted molar refractivity (Wildman–Crippen MR) is 71.2 cm³/mol. The number of esters is 1. The monoisotopic (exact) mass is 276 g/mol. The Kier molecular flexibility index (Phi) is 3.97. The molecule has 0 amide bonds. The van der Waals surface area contributed by atoms with Crippen molar-refractivity contribution in [1.82, 2.24) is 4.98 Å². The molecule has 2 aromatic rings. The number of aromatic hydroxyl groups is 1. The third-order valence-corrected chi connectivity index (χ3v) is 3.53. The van der Waals surface area contributed by atoms with Crippen LogP contribution in [0.15, 0.2) is 11.4 Å². The molecule has 5 nitrogen and oxygen atoms in total. The molecule has 2 aromatic heterocycles. The van der Waals surface area contributed by atoms with Gasteiger partial charge >= 0.3 is 5.97 Å².